The van der Waals surface area contributed by atoms with E-state index in [2.05, 4.69) is 27.9 Å². The normalized spacial score (nSPS) is 10.2. The number of nitrogens with one attached hydrogen (secondary N) is 1. The molecule has 1 N–H and O–H groups in total. The van der Waals surface area contributed by atoms with Crippen LogP contribution in [0, 0.1) is 16.3 Å². The Morgan fingerprint density at radius 3 is 2.65 bits per heavy atom. The van der Waals surface area contributed by atoms with Crippen LogP contribution in [0.3, 0.4) is 0 Å². The van der Waals surface area contributed by atoms with Crippen LogP contribution in [0.5, 0.6) is 5.75 Å². The SMILES string of the molecule is Cc1ccc(F)c(NC(=O)COc2ccc(I)cc2)c1. The standard InChI is InChI=1S/C15H13FINO2/c1-10-2-7-13(16)14(8-10)18-15(19)9-20-12-5-3-11(17)4-6-12/h2-8H,9H2,1H3,(H,18,19). The molecule has 0 aliphatic heterocycles. The molecule has 20 heavy (non-hydrogen) atoms. The van der Waals surface area contributed by atoms with Crippen molar-refractivity contribution in [2.24, 2.45) is 0 Å². The summed E-state index contributed by atoms with van der Waals surface area (Å²) >= 11 is 2.18. The van der Waals surface area contributed by atoms with Crippen LogP contribution >= 0.6 is 22.6 Å². The van der Waals surface area contributed by atoms with Crippen LogP contribution in [0.1, 0.15) is 5.56 Å². The van der Waals surface area contributed by atoms with Crippen LogP contribution < -0.4 is 10.1 Å². The molecule has 0 unspecified atom stereocenters. The maximum Gasteiger partial charge on any atom is 0.262 e. The van der Waals surface area contributed by atoms with Crippen molar-refractivity contribution in [2.45, 2.75) is 6.92 Å². The van der Waals surface area contributed by atoms with Crippen molar-refractivity contribution in [3.63, 3.8) is 0 Å². The Kier molecular flexibility index (Phi) is 4.94. The molecule has 0 saturated heterocycles. The Labute approximate surface area is 130 Å². The molecule has 2 aromatic rings. The molecule has 5 heteroatoms. The van der Waals surface area contributed by atoms with Gasteiger partial charge in [0.15, 0.2) is 6.61 Å². The predicted octanol–water partition coefficient (Wildman–Crippen LogP) is 3.76. The van der Waals surface area contributed by atoms with E-state index in [1.165, 1.54) is 6.07 Å². The first-order valence-electron chi connectivity index (χ1n) is 5.99. The van der Waals surface area contributed by atoms with E-state index in [-0.39, 0.29) is 12.3 Å². The molecule has 2 aromatic carbocycles. The topological polar surface area (TPSA) is 38.3 Å². The fourth-order valence-corrected chi connectivity index (χ4v) is 1.96. The minimum atomic E-state index is -0.460. The predicted molar refractivity (Wildman–Crippen MR) is 84.4 cm³/mol. The second-order valence-electron chi connectivity index (χ2n) is 4.27. The lowest BCUT2D eigenvalue weighted by Crippen LogP contribution is -2.20. The number of hydrogen-bond donors (Lipinski definition) is 1. The number of hydrogen-bond acceptors (Lipinski definition) is 2. The first-order valence-corrected chi connectivity index (χ1v) is 7.07. The zero-order valence-corrected chi connectivity index (χ0v) is 13.0. The summed E-state index contributed by atoms with van der Waals surface area (Å²) in [6, 6.07) is 11.9. The van der Waals surface area contributed by atoms with Gasteiger partial charge >= 0.3 is 0 Å². The third-order valence-electron chi connectivity index (χ3n) is 2.58. The second-order valence-corrected chi connectivity index (χ2v) is 5.52. The molecule has 0 bridgehead atoms. The summed E-state index contributed by atoms with van der Waals surface area (Å²) < 4.78 is 19.9. The van der Waals surface area contributed by atoms with Gasteiger partial charge < -0.3 is 10.1 Å². The molecule has 0 saturated carbocycles. The van der Waals surface area contributed by atoms with Crippen LogP contribution in [0.25, 0.3) is 0 Å². The Balaban J connectivity index is 1.92. The maximum absolute atomic E-state index is 13.5. The quantitative estimate of drug-likeness (QED) is 0.815. The molecule has 0 atom stereocenters. The van der Waals surface area contributed by atoms with E-state index in [0.29, 0.717) is 5.75 Å². The van der Waals surface area contributed by atoms with Gasteiger partial charge in [-0.15, -0.1) is 0 Å². The summed E-state index contributed by atoms with van der Waals surface area (Å²) in [7, 11) is 0. The van der Waals surface area contributed by atoms with Crippen molar-refractivity contribution in [3.8, 4) is 5.75 Å². The highest BCUT2D eigenvalue weighted by Gasteiger charge is 2.08. The summed E-state index contributed by atoms with van der Waals surface area (Å²) in [5.41, 5.74) is 1.04. The number of anilines is 1. The average molecular weight is 385 g/mol. The van der Waals surface area contributed by atoms with Crippen LogP contribution in [-0.4, -0.2) is 12.5 Å². The molecule has 3 nitrogen and oxygen atoms in total. The van der Waals surface area contributed by atoms with Crippen LogP contribution in [-0.2, 0) is 4.79 Å². The van der Waals surface area contributed by atoms with E-state index < -0.39 is 11.7 Å². The number of ether oxygens (including phenoxy) is 1. The molecular formula is C15H13FINO2. The summed E-state index contributed by atoms with van der Waals surface area (Å²) in [4.78, 5) is 11.7. The highest BCUT2D eigenvalue weighted by molar-refractivity contribution is 14.1. The lowest BCUT2D eigenvalue weighted by molar-refractivity contribution is -0.118. The second kappa shape index (κ2) is 6.69. The van der Waals surface area contributed by atoms with Crippen molar-refractivity contribution >= 4 is 34.2 Å². The zero-order chi connectivity index (χ0) is 14.5. The number of halogens is 2. The number of aryl methyl sites for hydroxylation is 1. The Morgan fingerprint density at radius 1 is 1.25 bits per heavy atom. The molecule has 0 fully saturated rings. The summed E-state index contributed by atoms with van der Waals surface area (Å²) in [6.07, 6.45) is 0. The fraction of sp³-hybridized carbons (Fsp3) is 0.133. The van der Waals surface area contributed by atoms with E-state index in [1.54, 1.807) is 24.3 Å². The molecule has 104 valence electrons. The molecule has 1 amide bonds. The molecule has 0 radical (unpaired) electrons. The van der Waals surface area contributed by atoms with Crippen LogP contribution in [0.4, 0.5) is 10.1 Å². The minimum absolute atomic E-state index is 0.159. The molecule has 0 heterocycles. The van der Waals surface area contributed by atoms with Gasteiger partial charge in [-0.05, 0) is 71.5 Å². The molecule has 0 aliphatic carbocycles. The smallest absolute Gasteiger partial charge is 0.262 e. The lowest BCUT2D eigenvalue weighted by atomic mass is 10.2. The van der Waals surface area contributed by atoms with E-state index in [0.717, 1.165) is 9.13 Å². The van der Waals surface area contributed by atoms with Crippen molar-refractivity contribution in [1.82, 2.24) is 0 Å². The monoisotopic (exact) mass is 385 g/mol. The fourth-order valence-electron chi connectivity index (χ4n) is 1.60. The number of amides is 1. The van der Waals surface area contributed by atoms with Gasteiger partial charge in [0.2, 0.25) is 0 Å². The summed E-state index contributed by atoms with van der Waals surface area (Å²) in [5, 5.41) is 2.49. The Morgan fingerprint density at radius 2 is 1.95 bits per heavy atom. The first kappa shape index (κ1) is 14.8. The van der Waals surface area contributed by atoms with E-state index in [1.807, 2.05) is 19.1 Å². The van der Waals surface area contributed by atoms with Gasteiger partial charge in [0.25, 0.3) is 5.91 Å². The molecule has 2 rings (SSSR count). The number of benzene rings is 2. The van der Waals surface area contributed by atoms with Gasteiger partial charge in [0, 0.05) is 3.57 Å². The van der Waals surface area contributed by atoms with Gasteiger partial charge in [-0.25, -0.2) is 4.39 Å². The van der Waals surface area contributed by atoms with Gasteiger partial charge in [-0.1, -0.05) is 6.07 Å². The average Bonchev–Trinajstić information content (AvgIpc) is 2.42. The highest BCUT2D eigenvalue weighted by atomic mass is 127. The maximum atomic E-state index is 13.5. The number of carbonyl (C=O) groups excluding carboxylic acids is 1. The van der Waals surface area contributed by atoms with E-state index in [4.69, 9.17) is 4.74 Å². The molecule has 0 aliphatic rings. The van der Waals surface area contributed by atoms with Crippen molar-refractivity contribution in [2.75, 3.05) is 11.9 Å². The van der Waals surface area contributed by atoms with Gasteiger partial charge in [-0.2, -0.15) is 0 Å². The summed E-state index contributed by atoms with van der Waals surface area (Å²) in [6.45, 7) is 1.67. The van der Waals surface area contributed by atoms with Crippen LogP contribution in [0.2, 0.25) is 0 Å². The van der Waals surface area contributed by atoms with Crippen molar-refractivity contribution < 1.29 is 13.9 Å². The third-order valence-corrected chi connectivity index (χ3v) is 3.30. The molecular weight excluding hydrogens is 372 g/mol. The zero-order valence-electron chi connectivity index (χ0n) is 10.8. The molecule has 0 aromatic heterocycles. The lowest BCUT2D eigenvalue weighted by Gasteiger charge is -2.09. The van der Waals surface area contributed by atoms with Gasteiger partial charge in [-0.3, -0.25) is 4.79 Å². The number of carbonyl (C=O) groups is 1. The van der Waals surface area contributed by atoms with E-state index in [9.17, 15) is 9.18 Å². The largest absolute Gasteiger partial charge is 0.484 e. The van der Waals surface area contributed by atoms with E-state index >= 15 is 0 Å². The van der Waals surface area contributed by atoms with Crippen LogP contribution in [0.15, 0.2) is 42.5 Å². The molecule has 0 spiro atoms. The van der Waals surface area contributed by atoms with Crippen molar-refractivity contribution in [3.05, 3.63) is 57.4 Å². The minimum Gasteiger partial charge on any atom is -0.484 e. The summed E-state index contributed by atoms with van der Waals surface area (Å²) in [5.74, 6) is -0.253. The van der Waals surface area contributed by atoms with Gasteiger partial charge in [0.05, 0.1) is 5.69 Å². The first-order chi connectivity index (χ1) is 9.54. The Bertz CT molecular complexity index is 614. The third kappa shape index (κ3) is 4.19. The highest BCUT2D eigenvalue weighted by Crippen LogP contribution is 2.16. The Hall–Kier alpha value is -1.63. The number of rotatable bonds is 4. The van der Waals surface area contributed by atoms with Crippen molar-refractivity contribution in [1.29, 1.82) is 0 Å². The van der Waals surface area contributed by atoms with Gasteiger partial charge in [0.1, 0.15) is 11.6 Å².